The van der Waals surface area contributed by atoms with Gasteiger partial charge in [-0.25, -0.2) is 0 Å². The van der Waals surface area contributed by atoms with Gasteiger partial charge >= 0.3 is 0 Å². The zero-order valence-electron chi connectivity index (χ0n) is 14.4. The second-order valence-corrected chi connectivity index (χ2v) is 7.97. The predicted molar refractivity (Wildman–Crippen MR) is 90.6 cm³/mol. The predicted octanol–water partition coefficient (Wildman–Crippen LogP) is 4.75. The summed E-state index contributed by atoms with van der Waals surface area (Å²) in [6.45, 7) is 6.01. The third kappa shape index (κ3) is 4.96. The molecule has 0 aromatic carbocycles. The van der Waals surface area contributed by atoms with Crippen LogP contribution in [0, 0.1) is 5.41 Å². The van der Waals surface area contributed by atoms with Gasteiger partial charge in [0.25, 0.3) is 0 Å². The van der Waals surface area contributed by atoms with E-state index in [0.29, 0.717) is 6.61 Å². The van der Waals surface area contributed by atoms with Gasteiger partial charge in [0.1, 0.15) is 0 Å². The van der Waals surface area contributed by atoms with E-state index in [1.165, 1.54) is 70.6 Å². The van der Waals surface area contributed by atoms with E-state index in [2.05, 4.69) is 18.7 Å². The van der Waals surface area contributed by atoms with Crippen LogP contribution < -0.4 is 0 Å². The number of nitrogens with zero attached hydrogens (tertiary/aromatic N) is 1. The molecule has 0 saturated heterocycles. The molecule has 0 aromatic heterocycles. The van der Waals surface area contributed by atoms with E-state index in [4.69, 9.17) is 0 Å². The molecule has 0 bridgehead atoms. The van der Waals surface area contributed by atoms with Gasteiger partial charge in [0.15, 0.2) is 0 Å². The van der Waals surface area contributed by atoms with Crippen molar-refractivity contribution in [2.75, 3.05) is 13.2 Å². The van der Waals surface area contributed by atoms with Gasteiger partial charge in [0, 0.05) is 30.7 Å². The van der Waals surface area contributed by atoms with Crippen LogP contribution in [0.15, 0.2) is 0 Å². The van der Waals surface area contributed by atoms with Crippen LogP contribution in [0.4, 0.5) is 0 Å². The van der Waals surface area contributed by atoms with E-state index in [1.807, 2.05) is 0 Å². The van der Waals surface area contributed by atoms with Crippen molar-refractivity contribution in [3.63, 3.8) is 0 Å². The molecule has 0 heterocycles. The Kier molecular flexibility index (Phi) is 7.01. The van der Waals surface area contributed by atoms with Crippen LogP contribution in [-0.2, 0) is 0 Å². The van der Waals surface area contributed by atoms with Crippen molar-refractivity contribution >= 4 is 0 Å². The minimum absolute atomic E-state index is 0.101. The summed E-state index contributed by atoms with van der Waals surface area (Å²) in [7, 11) is 0. The van der Waals surface area contributed by atoms with Crippen LogP contribution in [0.5, 0.6) is 0 Å². The molecule has 0 aliphatic heterocycles. The molecule has 2 rings (SSSR count). The maximum absolute atomic E-state index is 9.94. The maximum Gasteiger partial charge on any atom is 0.0497 e. The molecule has 0 aromatic rings. The normalized spacial score (nSPS) is 25.1. The standard InChI is InChI=1S/C19H37NO/c1-3-14-19(2,16-21)15-20(17-10-6-4-7-11-17)18-12-8-5-9-13-18/h17-18,21H,3-16H2,1-2H3. The lowest BCUT2D eigenvalue weighted by molar-refractivity contribution is 0.0115. The average Bonchev–Trinajstić information content (AvgIpc) is 2.55. The molecule has 0 spiro atoms. The summed E-state index contributed by atoms with van der Waals surface area (Å²) in [5, 5.41) is 9.94. The van der Waals surface area contributed by atoms with E-state index < -0.39 is 0 Å². The number of rotatable bonds is 7. The highest BCUT2D eigenvalue weighted by atomic mass is 16.3. The molecular weight excluding hydrogens is 258 g/mol. The van der Waals surface area contributed by atoms with E-state index in [-0.39, 0.29) is 5.41 Å². The highest BCUT2D eigenvalue weighted by Gasteiger charge is 2.34. The first-order valence-electron chi connectivity index (χ1n) is 9.55. The summed E-state index contributed by atoms with van der Waals surface area (Å²) >= 11 is 0. The van der Waals surface area contributed by atoms with E-state index in [1.54, 1.807) is 0 Å². The lowest BCUT2D eigenvalue weighted by Crippen LogP contribution is -2.50. The fourth-order valence-electron chi connectivity index (χ4n) is 4.63. The minimum Gasteiger partial charge on any atom is -0.396 e. The van der Waals surface area contributed by atoms with Crippen molar-refractivity contribution in [1.82, 2.24) is 4.90 Å². The summed E-state index contributed by atoms with van der Waals surface area (Å²) in [5.74, 6) is 0. The van der Waals surface area contributed by atoms with Crippen molar-refractivity contribution in [1.29, 1.82) is 0 Å². The lowest BCUT2D eigenvalue weighted by Gasteiger charge is -2.46. The van der Waals surface area contributed by atoms with Crippen LogP contribution in [-0.4, -0.2) is 35.2 Å². The van der Waals surface area contributed by atoms with E-state index in [0.717, 1.165) is 25.0 Å². The van der Waals surface area contributed by atoms with Gasteiger partial charge in [-0.2, -0.15) is 0 Å². The smallest absolute Gasteiger partial charge is 0.0497 e. The molecule has 2 heteroatoms. The van der Waals surface area contributed by atoms with Gasteiger partial charge in [0.2, 0.25) is 0 Å². The minimum atomic E-state index is 0.101. The zero-order valence-corrected chi connectivity index (χ0v) is 14.4. The zero-order chi connectivity index (χ0) is 15.1. The van der Waals surface area contributed by atoms with Gasteiger partial charge in [-0.05, 0) is 32.1 Å². The Morgan fingerprint density at radius 1 is 0.905 bits per heavy atom. The summed E-state index contributed by atoms with van der Waals surface area (Å²) in [6.07, 6.45) is 16.4. The summed E-state index contributed by atoms with van der Waals surface area (Å²) in [4.78, 5) is 2.85. The number of aliphatic hydroxyl groups is 1. The molecule has 21 heavy (non-hydrogen) atoms. The Hall–Kier alpha value is -0.0800. The molecule has 0 radical (unpaired) electrons. The van der Waals surface area contributed by atoms with Crippen LogP contribution in [0.3, 0.4) is 0 Å². The molecule has 1 atom stereocenters. The van der Waals surface area contributed by atoms with Crippen LogP contribution >= 0.6 is 0 Å². The molecule has 2 saturated carbocycles. The van der Waals surface area contributed by atoms with Crippen LogP contribution in [0.1, 0.15) is 90.9 Å². The van der Waals surface area contributed by atoms with Crippen molar-refractivity contribution in [3.05, 3.63) is 0 Å². The fraction of sp³-hybridized carbons (Fsp3) is 1.00. The summed E-state index contributed by atoms with van der Waals surface area (Å²) in [6, 6.07) is 1.59. The van der Waals surface area contributed by atoms with Crippen molar-refractivity contribution in [2.45, 2.75) is 103 Å². The quantitative estimate of drug-likeness (QED) is 0.732. The average molecular weight is 296 g/mol. The Morgan fingerprint density at radius 3 is 1.76 bits per heavy atom. The van der Waals surface area contributed by atoms with Crippen molar-refractivity contribution in [2.24, 2.45) is 5.41 Å². The third-order valence-corrected chi connectivity index (χ3v) is 5.89. The number of aliphatic hydroxyl groups excluding tert-OH is 1. The number of hydrogen-bond donors (Lipinski definition) is 1. The highest BCUT2D eigenvalue weighted by Crippen LogP contribution is 2.34. The van der Waals surface area contributed by atoms with Crippen LogP contribution in [0.2, 0.25) is 0 Å². The van der Waals surface area contributed by atoms with Crippen molar-refractivity contribution < 1.29 is 5.11 Å². The first-order valence-corrected chi connectivity index (χ1v) is 9.55. The summed E-state index contributed by atoms with van der Waals surface area (Å²) in [5.41, 5.74) is 0.101. The maximum atomic E-state index is 9.94. The lowest BCUT2D eigenvalue weighted by atomic mass is 9.82. The Bertz CT molecular complexity index is 263. The van der Waals surface area contributed by atoms with E-state index >= 15 is 0 Å². The molecule has 1 unspecified atom stereocenters. The van der Waals surface area contributed by atoms with E-state index in [9.17, 15) is 5.11 Å². The summed E-state index contributed by atoms with van der Waals surface area (Å²) < 4.78 is 0. The second kappa shape index (κ2) is 8.53. The van der Waals surface area contributed by atoms with Crippen molar-refractivity contribution in [3.8, 4) is 0 Å². The molecular formula is C19H37NO. The Morgan fingerprint density at radius 2 is 1.38 bits per heavy atom. The monoisotopic (exact) mass is 295 g/mol. The fourth-order valence-corrected chi connectivity index (χ4v) is 4.63. The third-order valence-electron chi connectivity index (χ3n) is 5.89. The molecule has 2 fully saturated rings. The SMILES string of the molecule is CCCC(C)(CO)CN(C1CCCCC1)C1CCCCC1. The van der Waals surface area contributed by atoms with Gasteiger partial charge in [-0.3, -0.25) is 4.90 Å². The van der Waals surface area contributed by atoms with Gasteiger partial charge in [-0.15, -0.1) is 0 Å². The second-order valence-electron chi connectivity index (χ2n) is 7.97. The molecule has 2 nitrogen and oxygen atoms in total. The largest absolute Gasteiger partial charge is 0.396 e. The first kappa shape index (κ1) is 17.3. The van der Waals surface area contributed by atoms with Gasteiger partial charge in [0.05, 0.1) is 0 Å². The Labute approximate surface area is 132 Å². The molecule has 2 aliphatic carbocycles. The molecule has 0 amide bonds. The number of hydrogen-bond acceptors (Lipinski definition) is 2. The highest BCUT2D eigenvalue weighted by molar-refractivity contribution is 4.88. The van der Waals surface area contributed by atoms with Gasteiger partial charge < -0.3 is 5.11 Å². The molecule has 2 aliphatic rings. The van der Waals surface area contributed by atoms with Crippen LogP contribution in [0.25, 0.3) is 0 Å². The Balaban J connectivity index is 2.05. The first-order chi connectivity index (χ1) is 10.2. The van der Waals surface area contributed by atoms with Gasteiger partial charge in [-0.1, -0.05) is 58.8 Å². The molecule has 124 valence electrons. The molecule has 1 N–H and O–H groups in total. The topological polar surface area (TPSA) is 23.5 Å².